The Labute approximate surface area is 174 Å². The van der Waals surface area contributed by atoms with Gasteiger partial charge in [-0.05, 0) is 30.3 Å². The second kappa shape index (κ2) is 8.23. The standard InChI is InChI=1S/C22H15F2N3O4/c23-18-7-4-8-19(24)17(18)13-26-20-10-9-16(27(29)30)11-14(20)12-21(26)31-22(28)25-15-5-2-1-3-6-15/h1-12H,13H2,(H,25,28). The van der Waals surface area contributed by atoms with Crippen LogP contribution in [0.25, 0.3) is 10.9 Å². The van der Waals surface area contributed by atoms with Gasteiger partial charge in [-0.25, -0.2) is 13.6 Å². The van der Waals surface area contributed by atoms with Crippen LogP contribution in [-0.2, 0) is 6.54 Å². The van der Waals surface area contributed by atoms with Crippen molar-refractivity contribution in [1.82, 2.24) is 4.57 Å². The smallest absolute Gasteiger partial charge is 0.393 e. The number of carbonyl (C=O) groups excluding carboxylic acids is 1. The normalized spacial score (nSPS) is 10.8. The third-order valence-corrected chi connectivity index (χ3v) is 4.65. The van der Waals surface area contributed by atoms with Crippen LogP contribution in [0, 0.1) is 21.7 Å². The molecule has 0 atom stereocenters. The number of ether oxygens (including phenoxy) is 1. The largest absolute Gasteiger partial charge is 0.418 e. The molecule has 1 N–H and O–H groups in total. The molecule has 0 spiro atoms. The molecule has 1 aromatic heterocycles. The molecule has 0 saturated carbocycles. The summed E-state index contributed by atoms with van der Waals surface area (Å²) in [5, 5.41) is 14.0. The third-order valence-electron chi connectivity index (χ3n) is 4.65. The molecule has 156 valence electrons. The fourth-order valence-corrected chi connectivity index (χ4v) is 3.20. The minimum absolute atomic E-state index is 0.0217. The molecule has 7 nitrogen and oxygen atoms in total. The topological polar surface area (TPSA) is 86.4 Å². The molecule has 0 aliphatic rings. The molecular formula is C22H15F2N3O4. The van der Waals surface area contributed by atoms with E-state index in [1.54, 1.807) is 30.3 Å². The van der Waals surface area contributed by atoms with Gasteiger partial charge in [0.1, 0.15) is 11.6 Å². The average molecular weight is 423 g/mol. The Bertz CT molecular complexity index is 1270. The van der Waals surface area contributed by atoms with Gasteiger partial charge in [-0.2, -0.15) is 0 Å². The van der Waals surface area contributed by atoms with Gasteiger partial charge in [0.15, 0.2) is 0 Å². The zero-order valence-corrected chi connectivity index (χ0v) is 15.9. The van der Waals surface area contributed by atoms with Gasteiger partial charge < -0.3 is 9.30 Å². The van der Waals surface area contributed by atoms with Crippen molar-refractivity contribution in [3.8, 4) is 5.88 Å². The lowest BCUT2D eigenvalue weighted by Gasteiger charge is -2.13. The number of rotatable bonds is 5. The van der Waals surface area contributed by atoms with Gasteiger partial charge in [0.2, 0.25) is 5.88 Å². The number of benzene rings is 3. The number of carbonyl (C=O) groups is 1. The molecule has 0 unspecified atom stereocenters. The molecule has 0 bridgehead atoms. The van der Waals surface area contributed by atoms with Crippen LogP contribution in [0.5, 0.6) is 5.88 Å². The first-order chi connectivity index (χ1) is 14.9. The maximum Gasteiger partial charge on any atom is 0.418 e. The first-order valence-corrected chi connectivity index (χ1v) is 9.17. The Morgan fingerprint density at radius 1 is 1.00 bits per heavy atom. The number of nitro benzene ring substituents is 1. The minimum atomic E-state index is -0.821. The number of hydrogen-bond donors (Lipinski definition) is 1. The lowest BCUT2D eigenvalue weighted by Crippen LogP contribution is -2.19. The SMILES string of the molecule is O=C(Nc1ccccc1)Oc1cc2cc([N+](=O)[O-])ccc2n1Cc1c(F)cccc1F. The van der Waals surface area contributed by atoms with Crippen molar-refractivity contribution in [3.05, 3.63) is 100 Å². The van der Waals surface area contributed by atoms with Gasteiger partial charge in [-0.3, -0.25) is 15.4 Å². The summed E-state index contributed by atoms with van der Waals surface area (Å²) < 4.78 is 35.2. The highest BCUT2D eigenvalue weighted by Gasteiger charge is 2.19. The predicted octanol–water partition coefficient (Wildman–Crippen LogP) is 5.49. The van der Waals surface area contributed by atoms with E-state index >= 15 is 0 Å². The Morgan fingerprint density at radius 2 is 1.71 bits per heavy atom. The number of amides is 1. The van der Waals surface area contributed by atoms with Crippen molar-refractivity contribution in [3.63, 3.8) is 0 Å². The molecule has 0 fully saturated rings. The molecule has 1 heterocycles. The van der Waals surface area contributed by atoms with Crippen molar-refractivity contribution in [2.24, 2.45) is 0 Å². The number of nitrogens with zero attached hydrogens (tertiary/aromatic N) is 2. The van der Waals surface area contributed by atoms with Gasteiger partial charge in [0, 0.05) is 34.8 Å². The van der Waals surface area contributed by atoms with Crippen molar-refractivity contribution in [2.45, 2.75) is 6.54 Å². The van der Waals surface area contributed by atoms with Crippen LogP contribution < -0.4 is 10.1 Å². The second-order valence-electron chi connectivity index (χ2n) is 6.65. The summed E-state index contributed by atoms with van der Waals surface area (Å²) in [5.74, 6) is -1.54. The Kier molecular flexibility index (Phi) is 5.31. The van der Waals surface area contributed by atoms with Gasteiger partial charge in [0.05, 0.1) is 17.0 Å². The minimum Gasteiger partial charge on any atom is -0.393 e. The molecule has 1 amide bonds. The Balaban J connectivity index is 1.74. The predicted molar refractivity (Wildman–Crippen MR) is 110 cm³/mol. The van der Waals surface area contributed by atoms with E-state index in [9.17, 15) is 23.7 Å². The number of para-hydroxylation sites is 1. The number of anilines is 1. The van der Waals surface area contributed by atoms with Crippen molar-refractivity contribution >= 4 is 28.4 Å². The van der Waals surface area contributed by atoms with E-state index in [0.29, 0.717) is 16.6 Å². The second-order valence-corrected chi connectivity index (χ2v) is 6.65. The van der Waals surface area contributed by atoms with Gasteiger partial charge in [-0.1, -0.05) is 24.3 Å². The Morgan fingerprint density at radius 3 is 2.39 bits per heavy atom. The number of hydrogen-bond acceptors (Lipinski definition) is 4. The summed E-state index contributed by atoms with van der Waals surface area (Å²) in [6, 6.07) is 17.5. The maximum atomic E-state index is 14.2. The first-order valence-electron chi connectivity index (χ1n) is 9.17. The third kappa shape index (κ3) is 4.20. The lowest BCUT2D eigenvalue weighted by atomic mass is 10.2. The number of nitrogens with one attached hydrogen (secondary N) is 1. The lowest BCUT2D eigenvalue weighted by molar-refractivity contribution is -0.384. The summed E-state index contributed by atoms with van der Waals surface area (Å²) in [7, 11) is 0. The van der Waals surface area contributed by atoms with E-state index in [1.165, 1.54) is 34.9 Å². The number of fused-ring (bicyclic) bond motifs is 1. The van der Waals surface area contributed by atoms with Crippen LogP contribution in [0.3, 0.4) is 0 Å². The fraction of sp³-hybridized carbons (Fsp3) is 0.0455. The highest BCUT2D eigenvalue weighted by atomic mass is 19.1. The fourth-order valence-electron chi connectivity index (χ4n) is 3.20. The molecule has 4 aromatic rings. The van der Waals surface area contributed by atoms with E-state index in [4.69, 9.17) is 4.74 Å². The van der Waals surface area contributed by atoms with E-state index in [0.717, 1.165) is 12.1 Å². The summed E-state index contributed by atoms with van der Waals surface area (Å²) in [4.78, 5) is 22.9. The quantitative estimate of drug-likeness (QED) is 0.340. The molecule has 0 aliphatic carbocycles. The molecule has 0 saturated heterocycles. The number of non-ortho nitro benzene ring substituents is 1. The summed E-state index contributed by atoms with van der Waals surface area (Å²) in [6.07, 6.45) is -0.821. The van der Waals surface area contributed by atoms with Gasteiger partial charge in [0.25, 0.3) is 5.69 Å². The molecule has 4 rings (SSSR count). The van der Waals surface area contributed by atoms with Crippen LogP contribution in [0.2, 0.25) is 0 Å². The molecular weight excluding hydrogens is 408 g/mol. The van der Waals surface area contributed by atoms with E-state index < -0.39 is 22.7 Å². The summed E-state index contributed by atoms with van der Waals surface area (Å²) >= 11 is 0. The Hall–Kier alpha value is -4.27. The number of aromatic nitrogens is 1. The first kappa shape index (κ1) is 20.0. The van der Waals surface area contributed by atoms with Crippen molar-refractivity contribution in [2.75, 3.05) is 5.32 Å². The van der Waals surface area contributed by atoms with Crippen LogP contribution in [0.1, 0.15) is 5.56 Å². The van der Waals surface area contributed by atoms with Crippen LogP contribution in [0.4, 0.5) is 25.0 Å². The average Bonchev–Trinajstić information content (AvgIpc) is 3.07. The zero-order valence-electron chi connectivity index (χ0n) is 15.9. The highest BCUT2D eigenvalue weighted by molar-refractivity contribution is 5.89. The van der Waals surface area contributed by atoms with E-state index in [1.807, 2.05) is 0 Å². The molecule has 3 aromatic carbocycles. The van der Waals surface area contributed by atoms with Gasteiger partial charge in [-0.15, -0.1) is 0 Å². The molecule has 9 heteroatoms. The van der Waals surface area contributed by atoms with Crippen molar-refractivity contribution < 1.29 is 23.2 Å². The summed E-state index contributed by atoms with van der Waals surface area (Å²) in [6.45, 7) is -0.284. The van der Waals surface area contributed by atoms with Crippen LogP contribution in [-0.4, -0.2) is 15.6 Å². The van der Waals surface area contributed by atoms with E-state index in [-0.39, 0.29) is 23.7 Å². The maximum absolute atomic E-state index is 14.2. The van der Waals surface area contributed by atoms with Crippen LogP contribution >= 0.6 is 0 Å². The molecule has 31 heavy (non-hydrogen) atoms. The number of nitro groups is 1. The molecule has 0 radical (unpaired) electrons. The monoisotopic (exact) mass is 423 g/mol. The van der Waals surface area contributed by atoms with Crippen molar-refractivity contribution in [1.29, 1.82) is 0 Å². The molecule has 0 aliphatic heterocycles. The van der Waals surface area contributed by atoms with Gasteiger partial charge >= 0.3 is 6.09 Å². The number of halogens is 2. The highest BCUT2D eigenvalue weighted by Crippen LogP contribution is 2.31. The van der Waals surface area contributed by atoms with Crippen LogP contribution in [0.15, 0.2) is 72.8 Å². The zero-order chi connectivity index (χ0) is 22.0. The van der Waals surface area contributed by atoms with E-state index in [2.05, 4.69) is 5.32 Å². The summed E-state index contributed by atoms with van der Waals surface area (Å²) in [5.41, 5.74) is 0.510.